The molecule has 1 aromatic heterocycles. The topological polar surface area (TPSA) is 71.5 Å². The molecule has 1 atom stereocenters. The number of aromatic nitrogens is 1. The number of amides is 2. The molecule has 28 heavy (non-hydrogen) atoms. The van der Waals surface area contributed by atoms with Gasteiger partial charge >= 0.3 is 0 Å². The van der Waals surface area contributed by atoms with Crippen LogP contribution >= 0.6 is 0 Å². The van der Waals surface area contributed by atoms with Gasteiger partial charge in [-0.15, -0.1) is 0 Å². The molecule has 6 nitrogen and oxygen atoms in total. The van der Waals surface area contributed by atoms with Crippen molar-refractivity contribution in [3.05, 3.63) is 59.4 Å². The average molecular weight is 381 g/mol. The third kappa shape index (κ3) is 5.39. The van der Waals surface area contributed by atoms with Gasteiger partial charge in [0.15, 0.2) is 0 Å². The molecule has 1 aromatic carbocycles. The summed E-state index contributed by atoms with van der Waals surface area (Å²) in [4.78, 5) is 31.1. The van der Waals surface area contributed by atoms with Crippen LogP contribution < -0.4 is 5.32 Å². The Hall–Kier alpha value is -2.73. The summed E-state index contributed by atoms with van der Waals surface area (Å²) in [6, 6.07) is 9.50. The minimum absolute atomic E-state index is 0.0351. The standard InChI is InChI=1S/C22H27N3O3/c1-16-5-3-7-20(17(16)2)24-21(26)13-22(27)25(15-19-6-4-12-28-19)14-18-8-10-23-11-9-18/h3,5,7-11,19H,4,6,12-15H2,1-2H3,(H,24,26). The highest BCUT2D eigenvalue weighted by Gasteiger charge is 2.24. The van der Waals surface area contributed by atoms with Gasteiger partial charge in [0, 0.05) is 37.8 Å². The molecule has 6 heteroatoms. The molecule has 1 unspecified atom stereocenters. The first-order valence-corrected chi connectivity index (χ1v) is 9.67. The maximum Gasteiger partial charge on any atom is 0.233 e. The lowest BCUT2D eigenvalue weighted by Crippen LogP contribution is -2.38. The average Bonchev–Trinajstić information content (AvgIpc) is 3.19. The highest BCUT2D eigenvalue weighted by atomic mass is 16.5. The molecule has 1 aliphatic heterocycles. The molecule has 3 rings (SSSR count). The molecule has 2 aromatic rings. The van der Waals surface area contributed by atoms with E-state index in [4.69, 9.17) is 4.74 Å². The van der Waals surface area contributed by atoms with Crippen LogP contribution in [0.15, 0.2) is 42.7 Å². The number of aryl methyl sites for hydroxylation is 1. The molecule has 148 valence electrons. The number of pyridine rings is 1. The van der Waals surface area contributed by atoms with Gasteiger partial charge in [-0.1, -0.05) is 12.1 Å². The van der Waals surface area contributed by atoms with E-state index in [0.717, 1.165) is 41.8 Å². The molecule has 0 aliphatic carbocycles. The van der Waals surface area contributed by atoms with E-state index >= 15 is 0 Å². The van der Waals surface area contributed by atoms with E-state index in [1.165, 1.54) is 0 Å². The van der Waals surface area contributed by atoms with E-state index in [0.29, 0.717) is 13.1 Å². The lowest BCUT2D eigenvalue weighted by molar-refractivity contribution is -0.136. The summed E-state index contributed by atoms with van der Waals surface area (Å²) < 4.78 is 5.69. The number of nitrogens with one attached hydrogen (secondary N) is 1. The molecule has 0 spiro atoms. The van der Waals surface area contributed by atoms with E-state index in [1.54, 1.807) is 17.3 Å². The van der Waals surface area contributed by atoms with Crippen molar-refractivity contribution >= 4 is 17.5 Å². The van der Waals surface area contributed by atoms with E-state index in [2.05, 4.69) is 10.3 Å². The van der Waals surface area contributed by atoms with Gasteiger partial charge in [0.1, 0.15) is 6.42 Å². The van der Waals surface area contributed by atoms with Gasteiger partial charge in [-0.3, -0.25) is 14.6 Å². The fourth-order valence-electron chi connectivity index (χ4n) is 3.33. The second kappa shape index (κ2) is 9.46. The van der Waals surface area contributed by atoms with Crippen molar-refractivity contribution in [1.29, 1.82) is 0 Å². The first kappa shape index (κ1) is 20.0. The predicted molar refractivity (Wildman–Crippen MR) is 108 cm³/mol. The van der Waals surface area contributed by atoms with Crippen LogP contribution in [-0.2, 0) is 20.9 Å². The summed E-state index contributed by atoms with van der Waals surface area (Å²) in [5.41, 5.74) is 3.84. The number of anilines is 1. The first-order chi connectivity index (χ1) is 13.5. The summed E-state index contributed by atoms with van der Waals surface area (Å²) in [6.45, 7) is 5.62. The van der Waals surface area contributed by atoms with Crippen LogP contribution in [0.25, 0.3) is 0 Å². The molecular weight excluding hydrogens is 354 g/mol. The van der Waals surface area contributed by atoms with E-state index in [9.17, 15) is 9.59 Å². The Kier molecular flexibility index (Phi) is 6.76. The van der Waals surface area contributed by atoms with Crippen molar-refractivity contribution < 1.29 is 14.3 Å². The Morgan fingerprint density at radius 1 is 1.21 bits per heavy atom. The van der Waals surface area contributed by atoms with Gasteiger partial charge < -0.3 is 15.0 Å². The van der Waals surface area contributed by atoms with Gasteiger partial charge in [0.2, 0.25) is 11.8 Å². The van der Waals surface area contributed by atoms with Crippen molar-refractivity contribution in [2.24, 2.45) is 0 Å². The summed E-state index contributed by atoms with van der Waals surface area (Å²) in [5, 5.41) is 2.87. The van der Waals surface area contributed by atoms with Crippen molar-refractivity contribution in [2.75, 3.05) is 18.5 Å². The first-order valence-electron chi connectivity index (χ1n) is 9.67. The summed E-state index contributed by atoms with van der Waals surface area (Å²) >= 11 is 0. The van der Waals surface area contributed by atoms with Crippen LogP contribution in [0.3, 0.4) is 0 Å². The van der Waals surface area contributed by atoms with Gasteiger partial charge in [-0.2, -0.15) is 0 Å². The second-order valence-corrected chi connectivity index (χ2v) is 7.24. The summed E-state index contributed by atoms with van der Waals surface area (Å²) in [6.07, 6.45) is 5.21. The molecule has 0 bridgehead atoms. The monoisotopic (exact) mass is 381 g/mol. The number of ether oxygens (including phenoxy) is 1. The quantitative estimate of drug-likeness (QED) is 0.748. The maximum atomic E-state index is 12.9. The Morgan fingerprint density at radius 3 is 2.71 bits per heavy atom. The third-order valence-electron chi connectivity index (χ3n) is 5.11. The second-order valence-electron chi connectivity index (χ2n) is 7.24. The van der Waals surface area contributed by atoms with Crippen LogP contribution in [0.5, 0.6) is 0 Å². The van der Waals surface area contributed by atoms with Crippen molar-refractivity contribution in [3.8, 4) is 0 Å². The molecule has 1 N–H and O–H groups in total. The van der Waals surface area contributed by atoms with Gasteiger partial charge in [-0.05, 0) is 61.6 Å². The number of hydrogen-bond donors (Lipinski definition) is 1. The van der Waals surface area contributed by atoms with Crippen molar-refractivity contribution in [3.63, 3.8) is 0 Å². The maximum absolute atomic E-state index is 12.9. The van der Waals surface area contributed by atoms with Crippen molar-refractivity contribution in [1.82, 2.24) is 9.88 Å². The Balaban J connectivity index is 1.65. The number of nitrogens with zero attached hydrogens (tertiary/aromatic N) is 2. The normalized spacial score (nSPS) is 16.0. The predicted octanol–water partition coefficient (Wildman–Crippen LogP) is 3.23. The van der Waals surface area contributed by atoms with E-state index in [-0.39, 0.29) is 24.3 Å². The minimum Gasteiger partial charge on any atom is -0.376 e. The smallest absolute Gasteiger partial charge is 0.233 e. The molecule has 0 radical (unpaired) electrons. The third-order valence-corrected chi connectivity index (χ3v) is 5.11. The van der Waals surface area contributed by atoms with E-state index in [1.807, 2.05) is 44.2 Å². The Labute approximate surface area is 165 Å². The largest absolute Gasteiger partial charge is 0.376 e. The Bertz CT molecular complexity index is 817. The fraction of sp³-hybridized carbons (Fsp3) is 0.409. The molecule has 2 heterocycles. The zero-order chi connectivity index (χ0) is 19.9. The molecule has 1 saturated heterocycles. The Morgan fingerprint density at radius 2 is 2.00 bits per heavy atom. The minimum atomic E-state index is -0.300. The van der Waals surface area contributed by atoms with Crippen LogP contribution in [0.1, 0.15) is 36.0 Å². The van der Waals surface area contributed by atoms with Crippen molar-refractivity contribution in [2.45, 2.75) is 45.8 Å². The highest BCUT2D eigenvalue weighted by molar-refractivity contribution is 6.03. The fourth-order valence-corrected chi connectivity index (χ4v) is 3.33. The van der Waals surface area contributed by atoms with Crippen LogP contribution in [0.4, 0.5) is 5.69 Å². The lowest BCUT2D eigenvalue weighted by Gasteiger charge is -2.25. The summed E-state index contributed by atoms with van der Waals surface area (Å²) in [7, 11) is 0. The molecular formula is C22H27N3O3. The molecule has 1 fully saturated rings. The number of rotatable bonds is 7. The number of carbonyl (C=O) groups is 2. The van der Waals surface area contributed by atoms with Crippen LogP contribution in [0, 0.1) is 13.8 Å². The van der Waals surface area contributed by atoms with Gasteiger partial charge in [0.05, 0.1) is 6.10 Å². The number of carbonyl (C=O) groups excluding carboxylic acids is 2. The lowest BCUT2D eigenvalue weighted by atomic mass is 10.1. The molecule has 0 saturated carbocycles. The van der Waals surface area contributed by atoms with Crippen LogP contribution in [-0.4, -0.2) is 41.0 Å². The summed E-state index contributed by atoms with van der Waals surface area (Å²) in [5.74, 6) is -0.499. The SMILES string of the molecule is Cc1cccc(NC(=O)CC(=O)N(Cc2ccncc2)CC2CCCO2)c1C. The van der Waals surface area contributed by atoms with E-state index < -0.39 is 0 Å². The highest BCUT2D eigenvalue weighted by Crippen LogP contribution is 2.19. The van der Waals surface area contributed by atoms with Gasteiger partial charge in [-0.25, -0.2) is 0 Å². The number of benzene rings is 1. The molecule has 2 amide bonds. The van der Waals surface area contributed by atoms with Crippen LogP contribution in [0.2, 0.25) is 0 Å². The number of hydrogen-bond acceptors (Lipinski definition) is 4. The zero-order valence-corrected chi connectivity index (χ0v) is 16.5. The van der Waals surface area contributed by atoms with Gasteiger partial charge in [0.25, 0.3) is 0 Å². The zero-order valence-electron chi connectivity index (χ0n) is 16.5. The molecule has 1 aliphatic rings.